The third-order valence-electron chi connectivity index (χ3n) is 11.4. The molecule has 11 rings (SSSR count). The Bertz CT molecular complexity index is 3320. The van der Waals surface area contributed by atoms with Crippen molar-refractivity contribution in [2.24, 2.45) is 0 Å². The molecule has 11 aromatic rings. The Kier molecular flexibility index (Phi) is 9.14. The molecule has 0 atom stereocenters. The maximum Gasteiger partial charge on any atom is 0.164 e. The molecule has 4 heteroatoms. The van der Waals surface area contributed by atoms with Crippen molar-refractivity contribution in [1.82, 2.24) is 15.0 Å². The van der Waals surface area contributed by atoms with E-state index in [1.165, 1.54) is 5.56 Å². The molecular weight excluding hydrogens is 743 g/mol. The number of hydrogen-bond acceptors (Lipinski definition) is 4. The van der Waals surface area contributed by atoms with Crippen LogP contribution in [0.15, 0.2) is 229 Å². The Morgan fingerprint density at radius 1 is 0.262 bits per heavy atom. The molecule has 61 heavy (non-hydrogen) atoms. The minimum atomic E-state index is 0.577. The lowest BCUT2D eigenvalue weighted by Crippen LogP contribution is -2.00. The summed E-state index contributed by atoms with van der Waals surface area (Å²) < 4.78 is 6.88. The Morgan fingerprint density at radius 2 is 0.721 bits per heavy atom. The van der Waals surface area contributed by atoms with Crippen molar-refractivity contribution >= 4 is 21.9 Å². The summed E-state index contributed by atoms with van der Waals surface area (Å²) in [7, 11) is 0. The first-order chi connectivity index (χ1) is 30.2. The fourth-order valence-corrected chi connectivity index (χ4v) is 8.36. The molecule has 0 saturated carbocycles. The summed E-state index contributed by atoms with van der Waals surface area (Å²) in [5, 5.41) is 1.96. The van der Waals surface area contributed by atoms with E-state index in [0.717, 1.165) is 88.7 Å². The molecule has 0 spiro atoms. The number of fused-ring (bicyclic) bond motifs is 3. The fraction of sp³-hybridized carbons (Fsp3) is 0. The predicted octanol–water partition coefficient (Wildman–Crippen LogP) is 15.1. The molecule has 0 aliphatic rings. The molecule has 0 fully saturated rings. The molecule has 2 aromatic heterocycles. The SMILES string of the molecule is c1ccc(-c2ccc(-c3nc(-c4cccc(-c5ccccc5)c4)nc(-c4cccc5oc6c(-c7ccc(-c8ccccc8)cc7-c7ccccc7)cccc6c45)n3)cc2)cc1. The number of hydrogen-bond donors (Lipinski definition) is 0. The van der Waals surface area contributed by atoms with Gasteiger partial charge in [0.2, 0.25) is 0 Å². The maximum absolute atomic E-state index is 6.88. The Hall–Kier alpha value is -8.21. The molecule has 9 aromatic carbocycles. The minimum absolute atomic E-state index is 0.577. The van der Waals surface area contributed by atoms with Crippen LogP contribution in [-0.2, 0) is 0 Å². The summed E-state index contributed by atoms with van der Waals surface area (Å²) in [6, 6.07) is 78.1. The molecule has 0 aliphatic heterocycles. The van der Waals surface area contributed by atoms with E-state index in [9.17, 15) is 0 Å². The highest BCUT2D eigenvalue weighted by molar-refractivity contribution is 6.15. The van der Waals surface area contributed by atoms with E-state index in [1.54, 1.807) is 0 Å². The summed E-state index contributed by atoms with van der Waals surface area (Å²) in [4.78, 5) is 15.6. The number of benzene rings is 9. The van der Waals surface area contributed by atoms with Gasteiger partial charge in [0.25, 0.3) is 0 Å². The molecule has 0 N–H and O–H groups in total. The zero-order valence-electron chi connectivity index (χ0n) is 33.1. The summed E-state index contributed by atoms with van der Waals surface area (Å²) in [6.07, 6.45) is 0. The zero-order valence-corrected chi connectivity index (χ0v) is 33.1. The van der Waals surface area contributed by atoms with Gasteiger partial charge in [-0.2, -0.15) is 0 Å². The molecule has 286 valence electrons. The Labute approximate surface area is 354 Å². The topological polar surface area (TPSA) is 51.8 Å². The second-order valence-corrected chi connectivity index (χ2v) is 15.2. The summed E-state index contributed by atoms with van der Waals surface area (Å²) in [5.74, 6) is 1.77. The van der Waals surface area contributed by atoms with Gasteiger partial charge >= 0.3 is 0 Å². The van der Waals surface area contributed by atoms with Gasteiger partial charge in [-0.3, -0.25) is 0 Å². The number of aromatic nitrogens is 3. The van der Waals surface area contributed by atoms with Crippen molar-refractivity contribution in [2.45, 2.75) is 0 Å². The van der Waals surface area contributed by atoms with Crippen molar-refractivity contribution < 1.29 is 4.42 Å². The fourth-order valence-electron chi connectivity index (χ4n) is 8.36. The van der Waals surface area contributed by atoms with E-state index in [4.69, 9.17) is 19.4 Å². The van der Waals surface area contributed by atoms with Crippen LogP contribution in [0.2, 0.25) is 0 Å². The highest BCUT2D eigenvalue weighted by atomic mass is 16.3. The third-order valence-corrected chi connectivity index (χ3v) is 11.4. The molecule has 0 unspecified atom stereocenters. The van der Waals surface area contributed by atoms with Crippen LogP contribution in [0.4, 0.5) is 0 Å². The summed E-state index contributed by atoms with van der Waals surface area (Å²) in [6.45, 7) is 0. The van der Waals surface area contributed by atoms with Crippen molar-refractivity contribution in [3.05, 3.63) is 224 Å². The van der Waals surface area contributed by atoms with Crippen molar-refractivity contribution in [3.63, 3.8) is 0 Å². The lowest BCUT2D eigenvalue weighted by molar-refractivity contribution is 0.670. The van der Waals surface area contributed by atoms with Crippen LogP contribution in [0.25, 0.3) is 112 Å². The van der Waals surface area contributed by atoms with Gasteiger partial charge in [-0.25, -0.2) is 15.0 Å². The predicted molar refractivity (Wildman–Crippen MR) is 251 cm³/mol. The smallest absolute Gasteiger partial charge is 0.164 e. The first-order valence-electron chi connectivity index (χ1n) is 20.5. The first-order valence-corrected chi connectivity index (χ1v) is 20.5. The van der Waals surface area contributed by atoms with Gasteiger partial charge in [0, 0.05) is 33.0 Å². The van der Waals surface area contributed by atoms with Crippen molar-refractivity contribution in [1.29, 1.82) is 0 Å². The largest absolute Gasteiger partial charge is 0.455 e. The average Bonchev–Trinajstić information content (AvgIpc) is 3.74. The lowest BCUT2D eigenvalue weighted by atomic mass is 9.90. The van der Waals surface area contributed by atoms with Gasteiger partial charge in [-0.1, -0.05) is 206 Å². The van der Waals surface area contributed by atoms with Crippen LogP contribution in [-0.4, -0.2) is 15.0 Å². The number of rotatable bonds is 8. The van der Waals surface area contributed by atoms with Crippen LogP contribution >= 0.6 is 0 Å². The van der Waals surface area contributed by atoms with Gasteiger partial charge in [0.15, 0.2) is 17.5 Å². The van der Waals surface area contributed by atoms with Gasteiger partial charge in [-0.05, 0) is 68.3 Å². The Morgan fingerprint density at radius 3 is 1.39 bits per heavy atom. The highest BCUT2D eigenvalue weighted by Gasteiger charge is 2.21. The van der Waals surface area contributed by atoms with Crippen LogP contribution in [0, 0.1) is 0 Å². The van der Waals surface area contributed by atoms with E-state index in [-0.39, 0.29) is 0 Å². The van der Waals surface area contributed by atoms with Crippen LogP contribution in [0.3, 0.4) is 0 Å². The summed E-state index contributed by atoms with van der Waals surface area (Å²) in [5.41, 5.74) is 15.5. The summed E-state index contributed by atoms with van der Waals surface area (Å²) >= 11 is 0. The quantitative estimate of drug-likeness (QED) is 0.154. The van der Waals surface area contributed by atoms with E-state index in [2.05, 4.69) is 200 Å². The molecule has 4 nitrogen and oxygen atoms in total. The van der Waals surface area contributed by atoms with E-state index >= 15 is 0 Å². The standard InChI is InChI=1S/C57H37N3O/c1-5-16-38(17-6-1)41-30-32-43(33-31-41)55-58-56(46-25-13-24-44(36-46)39-18-7-2-8-19-39)60-57(59-55)50-28-15-29-52-53(50)49-27-14-26-48(54(49)61-52)47-35-34-45(40-20-9-3-10-21-40)37-51(47)42-22-11-4-12-23-42/h1-37H. The first kappa shape index (κ1) is 35.9. The Balaban J connectivity index is 1.09. The number of furan rings is 1. The van der Waals surface area contributed by atoms with Crippen LogP contribution < -0.4 is 0 Å². The third kappa shape index (κ3) is 6.86. The molecule has 0 radical (unpaired) electrons. The van der Waals surface area contributed by atoms with Gasteiger partial charge in [0.05, 0.1) is 0 Å². The van der Waals surface area contributed by atoms with E-state index in [1.807, 2.05) is 24.3 Å². The molecule has 0 amide bonds. The van der Waals surface area contributed by atoms with Gasteiger partial charge < -0.3 is 4.42 Å². The minimum Gasteiger partial charge on any atom is -0.455 e. The van der Waals surface area contributed by atoms with Gasteiger partial charge in [-0.15, -0.1) is 0 Å². The average molecular weight is 780 g/mol. The van der Waals surface area contributed by atoms with Crippen LogP contribution in [0.1, 0.15) is 0 Å². The van der Waals surface area contributed by atoms with E-state index < -0.39 is 0 Å². The van der Waals surface area contributed by atoms with Crippen molar-refractivity contribution in [2.75, 3.05) is 0 Å². The van der Waals surface area contributed by atoms with Crippen molar-refractivity contribution in [3.8, 4) is 89.8 Å². The second kappa shape index (κ2) is 15.5. The molecule has 0 bridgehead atoms. The normalized spacial score (nSPS) is 11.3. The number of nitrogens with zero attached hydrogens (tertiary/aromatic N) is 3. The highest BCUT2D eigenvalue weighted by Crippen LogP contribution is 2.44. The monoisotopic (exact) mass is 779 g/mol. The number of para-hydroxylation sites is 1. The molecule has 2 heterocycles. The molecule has 0 aliphatic carbocycles. The zero-order chi connectivity index (χ0) is 40.5. The second-order valence-electron chi connectivity index (χ2n) is 15.2. The van der Waals surface area contributed by atoms with Crippen LogP contribution in [0.5, 0.6) is 0 Å². The van der Waals surface area contributed by atoms with E-state index in [0.29, 0.717) is 17.5 Å². The van der Waals surface area contributed by atoms with Gasteiger partial charge in [0.1, 0.15) is 11.2 Å². The lowest BCUT2D eigenvalue weighted by Gasteiger charge is -2.13. The maximum atomic E-state index is 6.88. The molecular formula is C57H37N3O. The molecule has 0 saturated heterocycles.